The molecule has 0 aromatic heterocycles. The fraction of sp³-hybridized carbons (Fsp3) is 0.231. The van der Waals surface area contributed by atoms with Crippen molar-refractivity contribution < 1.29 is 24.2 Å². The van der Waals surface area contributed by atoms with Gasteiger partial charge in [-0.15, -0.1) is 0 Å². The van der Waals surface area contributed by atoms with E-state index in [0.29, 0.717) is 24.3 Å². The monoisotopic (exact) mass is 429 g/mol. The third-order valence-electron chi connectivity index (χ3n) is 6.33. The van der Waals surface area contributed by atoms with Crippen LogP contribution >= 0.6 is 0 Å². The predicted molar refractivity (Wildman–Crippen MR) is 119 cm³/mol. The quantitative estimate of drug-likeness (QED) is 0.615. The van der Waals surface area contributed by atoms with Crippen LogP contribution in [0.2, 0.25) is 0 Å². The molecule has 0 spiro atoms. The number of amides is 1. The van der Waals surface area contributed by atoms with E-state index < -0.39 is 17.6 Å². The minimum Gasteiger partial charge on any atom is -0.493 e. The fourth-order valence-electron chi connectivity index (χ4n) is 4.90. The molecule has 1 amide bonds. The van der Waals surface area contributed by atoms with Gasteiger partial charge in [-0.25, -0.2) is 4.79 Å². The third kappa shape index (κ3) is 3.47. The van der Waals surface area contributed by atoms with Gasteiger partial charge in [-0.1, -0.05) is 66.7 Å². The minimum atomic E-state index is -1.08. The molecular weight excluding hydrogens is 406 g/mol. The highest BCUT2D eigenvalue weighted by molar-refractivity contribution is 5.79. The Kier molecular flexibility index (Phi) is 5.05. The van der Waals surface area contributed by atoms with Crippen LogP contribution < -0.4 is 10.1 Å². The van der Waals surface area contributed by atoms with Crippen molar-refractivity contribution in [2.24, 2.45) is 0 Å². The van der Waals surface area contributed by atoms with E-state index in [1.54, 1.807) is 12.1 Å². The number of ether oxygens (including phenoxy) is 2. The summed E-state index contributed by atoms with van der Waals surface area (Å²) >= 11 is 0. The number of hydrogen-bond donors (Lipinski definition) is 2. The third-order valence-corrected chi connectivity index (χ3v) is 6.33. The van der Waals surface area contributed by atoms with Crippen LogP contribution in [0.1, 0.15) is 35.4 Å². The zero-order chi connectivity index (χ0) is 22.1. The van der Waals surface area contributed by atoms with E-state index in [2.05, 4.69) is 29.6 Å². The Morgan fingerprint density at radius 2 is 1.59 bits per heavy atom. The number of carbonyl (C=O) groups excluding carboxylic acids is 1. The van der Waals surface area contributed by atoms with Gasteiger partial charge < -0.3 is 19.9 Å². The minimum absolute atomic E-state index is 0.0643. The van der Waals surface area contributed by atoms with E-state index in [9.17, 15) is 14.7 Å². The summed E-state index contributed by atoms with van der Waals surface area (Å²) in [5, 5.41) is 12.4. The number of benzene rings is 3. The Morgan fingerprint density at radius 3 is 2.28 bits per heavy atom. The van der Waals surface area contributed by atoms with Crippen LogP contribution in [-0.2, 0) is 15.1 Å². The summed E-state index contributed by atoms with van der Waals surface area (Å²) in [4.78, 5) is 24.6. The normalized spacial score (nSPS) is 18.6. The number of carboxylic acids is 1. The largest absolute Gasteiger partial charge is 0.493 e. The molecule has 3 aromatic rings. The number of carboxylic acid groups (broad SMARTS) is 1. The van der Waals surface area contributed by atoms with Crippen molar-refractivity contribution >= 4 is 12.1 Å². The van der Waals surface area contributed by atoms with Crippen LogP contribution in [0.3, 0.4) is 0 Å². The number of hydrogen-bond acceptors (Lipinski definition) is 4. The maximum absolute atomic E-state index is 12.9. The molecule has 0 saturated carbocycles. The zero-order valence-electron chi connectivity index (χ0n) is 17.4. The molecule has 0 saturated heterocycles. The summed E-state index contributed by atoms with van der Waals surface area (Å²) in [6, 6.07) is 23.5. The molecule has 2 aliphatic rings. The maximum Gasteiger partial charge on any atom is 0.407 e. The highest BCUT2D eigenvalue weighted by Gasteiger charge is 2.42. The van der Waals surface area contributed by atoms with Gasteiger partial charge in [0.05, 0.1) is 18.6 Å². The van der Waals surface area contributed by atoms with Gasteiger partial charge in [-0.2, -0.15) is 0 Å². The van der Waals surface area contributed by atoms with Crippen LogP contribution in [0, 0.1) is 0 Å². The molecule has 32 heavy (non-hydrogen) atoms. The molecule has 1 aliphatic carbocycles. The summed E-state index contributed by atoms with van der Waals surface area (Å²) < 4.78 is 11.4. The van der Waals surface area contributed by atoms with Crippen molar-refractivity contribution in [1.82, 2.24) is 5.32 Å². The molecule has 0 radical (unpaired) electrons. The predicted octanol–water partition coefficient (Wildman–Crippen LogP) is 4.68. The number of carbonyl (C=O) groups is 2. The Balaban J connectivity index is 1.37. The Bertz CT molecular complexity index is 1140. The van der Waals surface area contributed by atoms with Gasteiger partial charge in [0.15, 0.2) is 0 Å². The van der Waals surface area contributed by atoms with Crippen LogP contribution in [-0.4, -0.2) is 30.4 Å². The van der Waals surface area contributed by atoms with Crippen molar-refractivity contribution in [2.45, 2.75) is 24.3 Å². The number of para-hydroxylation sites is 1. The summed E-state index contributed by atoms with van der Waals surface area (Å²) in [6.45, 7) is 0.481. The van der Waals surface area contributed by atoms with Gasteiger partial charge in [0.25, 0.3) is 0 Å². The first-order valence-corrected chi connectivity index (χ1v) is 10.6. The van der Waals surface area contributed by atoms with E-state index in [4.69, 9.17) is 9.47 Å². The Hall–Kier alpha value is -3.80. The number of aliphatic carboxylic acids is 1. The first-order chi connectivity index (χ1) is 15.6. The lowest BCUT2D eigenvalue weighted by Gasteiger charge is -2.38. The Labute approximate surface area is 185 Å². The van der Waals surface area contributed by atoms with Crippen LogP contribution in [0.25, 0.3) is 11.1 Å². The van der Waals surface area contributed by atoms with Crippen LogP contribution in [0.15, 0.2) is 72.8 Å². The van der Waals surface area contributed by atoms with Crippen molar-refractivity contribution in [3.05, 3.63) is 89.5 Å². The van der Waals surface area contributed by atoms with Crippen LogP contribution in [0.5, 0.6) is 5.75 Å². The van der Waals surface area contributed by atoms with Crippen molar-refractivity contribution in [1.29, 1.82) is 0 Å². The molecule has 1 atom stereocenters. The molecule has 1 unspecified atom stereocenters. The van der Waals surface area contributed by atoms with Gasteiger partial charge in [-0.05, 0) is 28.3 Å². The standard InChI is InChI=1S/C26H23NO5/c28-24(29)15-26(13-14-31-23-12-6-5-11-22(23)26)27-25(30)32-16-21-19-9-3-1-7-17(19)18-8-2-4-10-20(18)21/h1-12,21H,13-16H2,(H,27,30)(H,28,29). The summed E-state index contributed by atoms with van der Waals surface area (Å²) in [5.74, 6) is -0.481. The van der Waals surface area contributed by atoms with Gasteiger partial charge >= 0.3 is 12.1 Å². The molecule has 6 nitrogen and oxygen atoms in total. The first-order valence-electron chi connectivity index (χ1n) is 10.6. The van der Waals surface area contributed by atoms with Gasteiger partial charge in [-0.3, -0.25) is 4.79 Å². The highest BCUT2D eigenvalue weighted by atomic mass is 16.5. The average Bonchev–Trinajstić information content (AvgIpc) is 3.11. The molecule has 1 heterocycles. The lowest BCUT2D eigenvalue weighted by atomic mass is 9.81. The molecular formula is C26H23NO5. The average molecular weight is 429 g/mol. The molecule has 0 fully saturated rings. The summed E-state index contributed by atoms with van der Waals surface area (Å²) in [6.07, 6.45) is -0.539. The molecule has 6 heteroatoms. The second kappa shape index (κ2) is 8.04. The lowest BCUT2D eigenvalue weighted by molar-refractivity contribution is -0.139. The fourth-order valence-corrected chi connectivity index (χ4v) is 4.90. The van der Waals surface area contributed by atoms with E-state index in [1.807, 2.05) is 36.4 Å². The Morgan fingerprint density at radius 1 is 0.969 bits per heavy atom. The molecule has 0 bridgehead atoms. The lowest BCUT2D eigenvalue weighted by Crippen LogP contribution is -2.50. The first kappa shape index (κ1) is 20.1. The zero-order valence-corrected chi connectivity index (χ0v) is 17.4. The van der Waals surface area contributed by atoms with E-state index in [0.717, 1.165) is 22.3 Å². The molecule has 3 aromatic carbocycles. The summed E-state index contributed by atoms with van der Waals surface area (Å²) in [5.41, 5.74) is 4.12. The van der Waals surface area contributed by atoms with E-state index >= 15 is 0 Å². The summed E-state index contributed by atoms with van der Waals surface area (Å²) in [7, 11) is 0. The molecule has 5 rings (SSSR count). The molecule has 1 aliphatic heterocycles. The van der Waals surface area contributed by atoms with E-state index in [-0.39, 0.29) is 18.9 Å². The van der Waals surface area contributed by atoms with Crippen molar-refractivity contribution in [2.75, 3.05) is 13.2 Å². The van der Waals surface area contributed by atoms with Crippen molar-refractivity contribution in [3.63, 3.8) is 0 Å². The molecule has 2 N–H and O–H groups in total. The second-order valence-electron chi connectivity index (χ2n) is 8.20. The number of fused-ring (bicyclic) bond motifs is 4. The van der Waals surface area contributed by atoms with Crippen LogP contribution in [0.4, 0.5) is 4.79 Å². The second-order valence-corrected chi connectivity index (χ2v) is 8.20. The number of nitrogens with one attached hydrogen (secondary N) is 1. The topological polar surface area (TPSA) is 84.9 Å². The smallest absolute Gasteiger partial charge is 0.407 e. The molecule has 162 valence electrons. The van der Waals surface area contributed by atoms with Crippen molar-refractivity contribution in [3.8, 4) is 16.9 Å². The van der Waals surface area contributed by atoms with E-state index in [1.165, 1.54) is 0 Å². The van der Waals surface area contributed by atoms with Gasteiger partial charge in [0.1, 0.15) is 12.4 Å². The van der Waals surface area contributed by atoms with Gasteiger partial charge in [0.2, 0.25) is 0 Å². The SMILES string of the molecule is O=C(O)CC1(NC(=O)OCC2c3ccccc3-c3ccccc32)CCOc2ccccc21. The highest BCUT2D eigenvalue weighted by Crippen LogP contribution is 2.45. The van der Waals surface area contributed by atoms with Gasteiger partial charge in [0, 0.05) is 17.9 Å². The maximum atomic E-state index is 12.9. The number of alkyl carbamates (subject to hydrolysis) is 1. The number of rotatable bonds is 5.